The van der Waals surface area contributed by atoms with Gasteiger partial charge in [0, 0.05) is 61.4 Å². The predicted octanol–water partition coefficient (Wildman–Crippen LogP) is 8.96. The van der Waals surface area contributed by atoms with E-state index in [0.29, 0.717) is 44.1 Å². The molecule has 11 saturated heterocycles. The van der Waals surface area contributed by atoms with Gasteiger partial charge in [0.05, 0.1) is 50.0 Å². The average molecular weight is 1420 g/mol. The maximum Gasteiger partial charge on any atom is 0.308 e. The molecule has 0 aromatic heterocycles. The molecule has 4 unspecified atom stereocenters. The second-order valence-corrected chi connectivity index (χ2v) is 33.5. The van der Waals surface area contributed by atoms with Gasteiger partial charge in [-0.1, -0.05) is 66.2 Å². The molecule has 14 fully saturated rings. The van der Waals surface area contributed by atoms with Crippen LogP contribution in [0.5, 0.6) is 0 Å². The van der Waals surface area contributed by atoms with Gasteiger partial charge in [-0.3, -0.25) is 34.1 Å². The van der Waals surface area contributed by atoms with Crippen molar-refractivity contribution in [3.05, 3.63) is 29.8 Å². The Morgan fingerprint density at radius 2 is 1.10 bits per heavy atom. The number of rotatable bonds is 25. The fraction of sp³-hybridized carbons (Fsp3) is 0.831. The molecule has 3 saturated carbocycles. The second kappa shape index (κ2) is 28.5. The summed E-state index contributed by atoms with van der Waals surface area (Å²) in [5, 5.41) is 2.87. The van der Waals surface area contributed by atoms with Gasteiger partial charge < -0.3 is 56.8 Å². The number of carbonyl (C=O) groups excluding carboxylic acids is 6. The minimum atomic E-state index is -4.25. The molecule has 0 amide bonds. The summed E-state index contributed by atoms with van der Waals surface area (Å²) in [4.78, 5) is 120. The first-order valence-electron chi connectivity index (χ1n) is 35.9. The van der Waals surface area contributed by atoms with Crippen LogP contribution < -0.4 is 5.32 Å². The van der Waals surface area contributed by atoms with Gasteiger partial charge in [-0.2, -0.15) is 0 Å². The van der Waals surface area contributed by atoms with E-state index in [9.17, 15) is 37.2 Å². The van der Waals surface area contributed by atoms with E-state index in [1.165, 1.54) is 19.2 Å². The molecule has 6 bridgehead atoms. The lowest BCUT2D eigenvalue weighted by Gasteiger charge is -2.65. The van der Waals surface area contributed by atoms with Gasteiger partial charge >= 0.3 is 35.8 Å². The molecule has 1 aromatic carbocycles. The number of carbonyl (C=O) groups is 6. The van der Waals surface area contributed by atoms with Crippen molar-refractivity contribution in [2.24, 2.45) is 70.5 Å². The Kier molecular flexibility index (Phi) is 21.4. The number of hydrogen-bond donors (Lipinski definition) is 1. The highest BCUT2D eigenvalue weighted by Crippen LogP contribution is 2.67. The topological polar surface area (TPSA) is 315 Å². The van der Waals surface area contributed by atoms with Crippen molar-refractivity contribution in [1.82, 2.24) is 5.32 Å². The number of sulfone groups is 1. The van der Waals surface area contributed by atoms with E-state index in [0.717, 1.165) is 56.9 Å². The number of aryl methyl sites for hydroxylation is 1. The van der Waals surface area contributed by atoms with Gasteiger partial charge in [0.2, 0.25) is 30.4 Å². The Balaban J connectivity index is 0.723. The Hall–Kier alpha value is -4.53. The summed E-state index contributed by atoms with van der Waals surface area (Å²) < 4.78 is 102. The van der Waals surface area contributed by atoms with Crippen molar-refractivity contribution in [3.8, 4) is 0 Å². The second-order valence-electron chi connectivity index (χ2n) is 31.5. The van der Waals surface area contributed by atoms with Crippen LogP contribution in [0.25, 0.3) is 0 Å². The smallest absolute Gasteiger partial charge is 0.308 e. The molecule has 3 aliphatic carbocycles. The highest BCUT2D eigenvalue weighted by atomic mass is 32.2. The number of hydrogen-bond acceptors (Lipinski definition) is 27. The number of methoxy groups -OCH3 is 1. The van der Waals surface area contributed by atoms with Crippen LogP contribution in [0.1, 0.15) is 190 Å². The molecule has 14 aliphatic rings. The van der Waals surface area contributed by atoms with Crippen molar-refractivity contribution < 1.29 is 123 Å². The fourth-order valence-electron chi connectivity index (χ4n) is 18.5. The van der Waals surface area contributed by atoms with Crippen LogP contribution in [0.2, 0.25) is 0 Å². The molecular formula is C71H103NO26S. The summed E-state index contributed by atoms with van der Waals surface area (Å²) in [6.07, 6.45) is 0.916. The highest BCUT2D eigenvalue weighted by molar-refractivity contribution is 7.91. The monoisotopic (exact) mass is 1420 g/mol. The molecule has 28 heteroatoms. The third kappa shape index (κ3) is 14.2. The summed E-state index contributed by atoms with van der Waals surface area (Å²) in [7, 11) is -2.83. The minimum Gasteiger partial charge on any atom is -0.463 e. The first kappa shape index (κ1) is 74.2. The molecule has 11 heterocycles. The van der Waals surface area contributed by atoms with Gasteiger partial charge in [-0.05, 0) is 133 Å². The van der Waals surface area contributed by atoms with E-state index < -0.39 is 198 Å². The van der Waals surface area contributed by atoms with E-state index >= 15 is 0 Å². The number of nitrogens with one attached hydrogen (secondary N) is 1. The number of esters is 6. The van der Waals surface area contributed by atoms with E-state index in [1.54, 1.807) is 32.9 Å². The Bertz CT molecular complexity index is 3260. The first-order chi connectivity index (χ1) is 46.8. The molecule has 11 aliphatic heterocycles. The Morgan fingerprint density at radius 1 is 0.576 bits per heavy atom. The van der Waals surface area contributed by atoms with Crippen LogP contribution in [-0.2, 0) is 125 Å². The van der Waals surface area contributed by atoms with Crippen LogP contribution >= 0.6 is 0 Å². The lowest BCUT2D eigenvalue weighted by Crippen LogP contribution is -2.74. The van der Waals surface area contributed by atoms with Crippen molar-refractivity contribution in [3.63, 3.8) is 0 Å². The largest absolute Gasteiger partial charge is 0.463 e. The molecule has 1 aromatic rings. The molecular weight excluding hydrogens is 1310 g/mol. The van der Waals surface area contributed by atoms with Gasteiger partial charge in [0.15, 0.2) is 39.4 Å². The standard InChI is InChI=1S/C71H103NO26S/c1-40-13-17-47(18-14-40)99(79,80)39-72-68(35-82-53(73)21-24-56(76)86-59(81-12)44(5)51-19-15-41(2)48-28-32-65(9)85-38-69(48,51)96-93-65,36-83-54(74)22-25-57(77)87-60-45(6)52-20-16-42(3)49-29-33-66(10)91-62(89-60)70(49,52)97-94-66)37-84-55(75)23-26-58(78)88-61-46(7)64(8)31-27-43(4)50-30-34-67(11)92-63(90-61)71(50,64)98-95-67/h13-14,17-18,41-46,48-52,59-63,72H,15-16,19-39H2,1-12H3/t41-,42+,43+,44+,45+,46-,48+,49-,50-,51+,52-,59-,60+,61+,62+,63+,64-,65?,66?,67?,68?,69-,70+,71-/m1/s1. The Labute approximate surface area is 579 Å². The summed E-state index contributed by atoms with van der Waals surface area (Å²) in [5.41, 5.74) is -4.60. The summed E-state index contributed by atoms with van der Waals surface area (Å²) in [6.45, 7) is 19.5. The third-order valence-corrected chi connectivity index (χ3v) is 26.4. The molecule has 0 radical (unpaired) electrons. The summed E-state index contributed by atoms with van der Waals surface area (Å²) in [5.74, 6) is -9.64. The van der Waals surface area contributed by atoms with Gasteiger partial charge in [0.1, 0.15) is 36.8 Å². The van der Waals surface area contributed by atoms with E-state index in [1.807, 2.05) is 27.7 Å². The van der Waals surface area contributed by atoms with Crippen LogP contribution in [0, 0.1) is 77.4 Å². The van der Waals surface area contributed by atoms with Crippen molar-refractivity contribution in [2.45, 2.75) is 268 Å². The SMILES string of the molecule is CO[C@H](OC(=O)CCC(=O)OCC(COC(=O)CCC(=O)O[C@H]1O[C@H]2OC3(C)CC[C@@H]4[C@@H](C)CC[C@H]([C@@H]1C)[C@]24OO3)(COC(=O)CCC(=O)O[C@H]1O[C@H]2OC3(C)CC[C@@H]4[C@@H](C)CC[C@](C)([C@@H]1C)[C@]24OO3)NCS(=O)(=O)c1ccc(C)cc1)[C@@H](C)[C@@H]1CC[C@@H](C)[C@@H]2CCC3(C)OC[C@]12OO3. The molecule has 554 valence electrons. The zero-order valence-corrected chi connectivity index (χ0v) is 60.1. The lowest BCUT2D eigenvalue weighted by molar-refractivity contribution is -0.586. The normalized spacial score (nSPS) is 41.5. The van der Waals surface area contributed by atoms with Crippen molar-refractivity contribution in [2.75, 3.05) is 39.4 Å². The lowest BCUT2D eigenvalue weighted by atomic mass is 9.50. The molecule has 3 spiro atoms. The predicted molar refractivity (Wildman–Crippen MR) is 340 cm³/mol. The van der Waals surface area contributed by atoms with E-state index in [4.69, 9.17) is 86.2 Å². The molecule has 24 atom stereocenters. The summed E-state index contributed by atoms with van der Waals surface area (Å²) >= 11 is 0. The van der Waals surface area contributed by atoms with Gasteiger partial charge in [0.25, 0.3) is 0 Å². The molecule has 27 nitrogen and oxygen atoms in total. The first-order valence-corrected chi connectivity index (χ1v) is 37.5. The number of ether oxygens (including phenoxy) is 12. The van der Waals surface area contributed by atoms with Crippen LogP contribution in [0.3, 0.4) is 0 Å². The van der Waals surface area contributed by atoms with Crippen LogP contribution in [0.4, 0.5) is 0 Å². The minimum absolute atomic E-state index is 0.0344. The quantitative estimate of drug-likeness (QED) is 0.0413. The molecule has 15 rings (SSSR count). The number of fused-ring (bicyclic) bond motifs is 7. The van der Waals surface area contributed by atoms with Crippen LogP contribution in [-0.4, -0.2) is 155 Å². The maximum absolute atomic E-state index is 14.1. The van der Waals surface area contributed by atoms with Gasteiger partial charge in [-0.15, -0.1) is 0 Å². The van der Waals surface area contributed by atoms with Crippen molar-refractivity contribution in [1.29, 1.82) is 0 Å². The average Bonchev–Trinajstić information content (AvgIpc) is 1.69. The van der Waals surface area contributed by atoms with E-state index in [2.05, 4.69) is 33.0 Å². The maximum atomic E-state index is 14.1. The zero-order chi connectivity index (χ0) is 70.9. The summed E-state index contributed by atoms with van der Waals surface area (Å²) in [6, 6.07) is 6.03. The fourth-order valence-corrected chi connectivity index (χ4v) is 19.7. The van der Waals surface area contributed by atoms with Crippen LogP contribution in [0.15, 0.2) is 29.2 Å². The Morgan fingerprint density at radius 3 is 1.73 bits per heavy atom. The van der Waals surface area contributed by atoms with E-state index in [-0.39, 0.29) is 46.3 Å². The number of benzene rings is 1. The third-order valence-electron chi connectivity index (χ3n) is 24.9. The zero-order valence-electron chi connectivity index (χ0n) is 59.3. The van der Waals surface area contributed by atoms with Gasteiger partial charge in [-0.25, -0.2) is 37.7 Å². The van der Waals surface area contributed by atoms with Crippen molar-refractivity contribution >= 4 is 45.7 Å². The highest BCUT2D eigenvalue weighted by Gasteiger charge is 2.75. The molecule has 1 N–H and O–H groups in total. The molecule has 99 heavy (non-hydrogen) atoms.